The summed E-state index contributed by atoms with van der Waals surface area (Å²) in [6, 6.07) is 11.5. The van der Waals surface area contributed by atoms with E-state index in [1.165, 1.54) is 12.1 Å². The lowest BCUT2D eigenvalue weighted by Gasteiger charge is -2.34. The number of H-pyrrole nitrogens is 1. The fraction of sp³-hybridized carbons (Fsp3) is 0.217. The first-order valence-electron chi connectivity index (χ1n) is 10.5. The van der Waals surface area contributed by atoms with Gasteiger partial charge in [-0.25, -0.2) is 19.2 Å². The summed E-state index contributed by atoms with van der Waals surface area (Å²) in [5.41, 5.74) is 2.14. The highest BCUT2D eigenvalue weighted by molar-refractivity contribution is 6.00. The fourth-order valence-corrected chi connectivity index (χ4v) is 3.93. The van der Waals surface area contributed by atoms with Crippen molar-refractivity contribution in [2.24, 2.45) is 0 Å². The van der Waals surface area contributed by atoms with Crippen molar-refractivity contribution >= 4 is 28.7 Å². The number of carbonyl (C=O) groups excluding carboxylic acids is 1. The van der Waals surface area contributed by atoms with Gasteiger partial charge in [-0.15, -0.1) is 0 Å². The molecule has 0 unspecified atom stereocenters. The van der Waals surface area contributed by atoms with Gasteiger partial charge in [0.2, 0.25) is 5.95 Å². The molecule has 4 aromatic rings. The highest BCUT2D eigenvalue weighted by Gasteiger charge is 2.23. The lowest BCUT2D eigenvalue weighted by Crippen LogP contribution is -2.50. The predicted octanol–water partition coefficient (Wildman–Crippen LogP) is 3.52. The summed E-state index contributed by atoms with van der Waals surface area (Å²) in [4.78, 5) is 25.1. The average Bonchev–Trinajstić information content (AvgIpc) is 3.26. The number of hydrogen-bond acceptors (Lipinski definition) is 6. The normalized spacial score (nSPS) is 13.9. The topological polar surface area (TPSA) is 99.3 Å². The number of ether oxygens (including phenoxy) is 1. The van der Waals surface area contributed by atoms with Crippen LogP contribution in [0.3, 0.4) is 0 Å². The summed E-state index contributed by atoms with van der Waals surface area (Å²) in [6.07, 6.45) is 3.42. The van der Waals surface area contributed by atoms with Gasteiger partial charge in [0.15, 0.2) is 5.82 Å². The third-order valence-electron chi connectivity index (χ3n) is 5.66. The number of urea groups is 1. The number of methoxy groups -OCH3 is 1. The number of aromatic nitrogens is 4. The van der Waals surface area contributed by atoms with Gasteiger partial charge in [0.1, 0.15) is 11.6 Å². The first-order valence-corrected chi connectivity index (χ1v) is 10.5. The molecule has 9 nitrogen and oxygen atoms in total. The highest BCUT2D eigenvalue weighted by atomic mass is 19.1. The van der Waals surface area contributed by atoms with E-state index >= 15 is 0 Å². The molecule has 0 saturated carbocycles. The number of fused-ring (bicyclic) bond motifs is 1. The van der Waals surface area contributed by atoms with Crippen molar-refractivity contribution in [3.05, 3.63) is 60.7 Å². The summed E-state index contributed by atoms with van der Waals surface area (Å²) in [7, 11) is 1.55. The van der Waals surface area contributed by atoms with Gasteiger partial charge in [-0.2, -0.15) is 5.10 Å². The van der Waals surface area contributed by atoms with Crippen molar-refractivity contribution in [3.63, 3.8) is 0 Å². The molecule has 0 radical (unpaired) electrons. The molecule has 2 aromatic carbocycles. The molecule has 0 atom stereocenters. The standard InChI is InChI=1S/C23H22FN7O2/c1-33-20-6-4-16(24)14-18(20)15-3-5-17-19(13-15)28-29-21(17)27-23(32)31-11-9-30(10-12-31)22-25-7-2-8-26-22/h2-8,13-14H,9-12H2,1H3,(H2,27,28,29,32). The molecule has 0 aliphatic carbocycles. The van der Waals surface area contributed by atoms with Crippen LogP contribution in [0.25, 0.3) is 22.0 Å². The quantitative estimate of drug-likeness (QED) is 0.497. The second-order valence-corrected chi connectivity index (χ2v) is 7.63. The SMILES string of the molecule is COc1ccc(F)cc1-c1ccc2c(NC(=O)N3CCN(c4ncccn4)CC3)n[nH]c2c1. The third-order valence-corrected chi connectivity index (χ3v) is 5.66. The van der Waals surface area contributed by atoms with E-state index in [4.69, 9.17) is 4.74 Å². The van der Waals surface area contributed by atoms with Gasteiger partial charge in [-0.3, -0.25) is 10.4 Å². The Hall–Kier alpha value is -4.21. The molecule has 1 aliphatic heterocycles. The molecule has 0 spiro atoms. The fourth-order valence-electron chi connectivity index (χ4n) is 3.93. The minimum atomic E-state index is -0.345. The maximum Gasteiger partial charge on any atom is 0.323 e. The van der Waals surface area contributed by atoms with Crippen LogP contribution in [0.5, 0.6) is 5.75 Å². The largest absolute Gasteiger partial charge is 0.496 e. The molecular weight excluding hydrogens is 425 g/mol. The number of piperazine rings is 1. The van der Waals surface area contributed by atoms with E-state index in [0.717, 1.165) is 16.5 Å². The molecule has 2 aromatic heterocycles. The lowest BCUT2D eigenvalue weighted by molar-refractivity contribution is 0.208. The zero-order chi connectivity index (χ0) is 22.8. The van der Waals surface area contributed by atoms with E-state index in [0.29, 0.717) is 49.3 Å². The Morgan fingerprint density at radius 3 is 2.64 bits per heavy atom. The van der Waals surface area contributed by atoms with Gasteiger partial charge in [0, 0.05) is 49.5 Å². The molecule has 2 amide bonds. The number of nitrogens with zero attached hydrogens (tertiary/aromatic N) is 5. The number of anilines is 2. The van der Waals surface area contributed by atoms with Crippen molar-refractivity contribution in [2.45, 2.75) is 0 Å². The number of amides is 2. The molecule has 0 bridgehead atoms. The van der Waals surface area contributed by atoms with Gasteiger partial charge in [0.05, 0.1) is 12.6 Å². The van der Waals surface area contributed by atoms with Gasteiger partial charge >= 0.3 is 6.03 Å². The van der Waals surface area contributed by atoms with Crippen molar-refractivity contribution in [1.82, 2.24) is 25.1 Å². The maximum absolute atomic E-state index is 13.8. The van der Waals surface area contributed by atoms with Crippen molar-refractivity contribution in [1.29, 1.82) is 0 Å². The first-order chi connectivity index (χ1) is 16.1. The van der Waals surface area contributed by atoms with Crippen LogP contribution >= 0.6 is 0 Å². The Morgan fingerprint density at radius 2 is 1.88 bits per heavy atom. The number of nitrogens with one attached hydrogen (secondary N) is 2. The van der Waals surface area contributed by atoms with Crippen molar-refractivity contribution in [3.8, 4) is 16.9 Å². The summed E-state index contributed by atoms with van der Waals surface area (Å²) in [6.45, 7) is 2.40. The monoisotopic (exact) mass is 447 g/mol. The van der Waals surface area contributed by atoms with Gasteiger partial charge in [0.25, 0.3) is 0 Å². The molecular formula is C23H22FN7O2. The van der Waals surface area contributed by atoms with E-state index in [1.807, 2.05) is 18.2 Å². The number of carbonyl (C=O) groups is 1. The van der Waals surface area contributed by atoms with E-state index in [1.54, 1.807) is 36.5 Å². The van der Waals surface area contributed by atoms with Crippen LogP contribution < -0.4 is 15.0 Å². The summed E-state index contributed by atoms with van der Waals surface area (Å²) < 4.78 is 19.2. The van der Waals surface area contributed by atoms with Crippen LogP contribution in [0.4, 0.5) is 21.0 Å². The Labute approximate surface area is 189 Å². The summed E-state index contributed by atoms with van der Waals surface area (Å²) in [5.74, 6) is 1.34. The van der Waals surface area contributed by atoms with E-state index in [-0.39, 0.29) is 11.8 Å². The second kappa shape index (κ2) is 8.73. The van der Waals surface area contributed by atoms with Crippen LogP contribution in [-0.2, 0) is 0 Å². The van der Waals surface area contributed by atoms with Crippen LogP contribution in [-0.4, -0.2) is 64.4 Å². The Morgan fingerprint density at radius 1 is 1.09 bits per heavy atom. The zero-order valence-corrected chi connectivity index (χ0v) is 18.0. The molecule has 5 rings (SSSR count). The minimum Gasteiger partial charge on any atom is -0.496 e. The number of benzene rings is 2. The zero-order valence-electron chi connectivity index (χ0n) is 18.0. The molecule has 1 saturated heterocycles. The minimum absolute atomic E-state index is 0.215. The molecule has 3 heterocycles. The molecule has 2 N–H and O–H groups in total. The Kier molecular flexibility index (Phi) is 5.47. The van der Waals surface area contributed by atoms with Crippen LogP contribution in [0.1, 0.15) is 0 Å². The Balaban J connectivity index is 1.29. The molecule has 10 heteroatoms. The molecule has 33 heavy (non-hydrogen) atoms. The number of hydrogen-bond donors (Lipinski definition) is 2. The maximum atomic E-state index is 13.8. The van der Waals surface area contributed by atoms with Crippen LogP contribution in [0.15, 0.2) is 54.9 Å². The molecule has 1 fully saturated rings. The summed E-state index contributed by atoms with van der Waals surface area (Å²) in [5, 5.41) is 10.9. The van der Waals surface area contributed by atoms with Gasteiger partial charge < -0.3 is 14.5 Å². The average molecular weight is 447 g/mol. The van der Waals surface area contributed by atoms with E-state index < -0.39 is 0 Å². The van der Waals surface area contributed by atoms with E-state index in [9.17, 15) is 9.18 Å². The highest BCUT2D eigenvalue weighted by Crippen LogP contribution is 2.33. The van der Waals surface area contributed by atoms with Crippen LogP contribution in [0, 0.1) is 5.82 Å². The molecule has 1 aliphatic rings. The predicted molar refractivity (Wildman–Crippen MR) is 123 cm³/mol. The first kappa shape index (κ1) is 20.7. The number of halogens is 1. The number of rotatable bonds is 4. The Bertz CT molecular complexity index is 1290. The van der Waals surface area contributed by atoms with Crippen molar-refractivity contribution < 1.29 is 13.9 Å². The number of aromatic amines is 1. The summed E-state index contributed by atoms with van der Waals surface area (Å²) >= 11 is 0. The molecule has 168 valence electrons. The van der Waals surface area contributed by atoms with E-state index in [2.05, 4.69) is 30.4 Å². The lowest BCUT2D eigenvalue weighted by atomic mass is 10.0. The third kappa shape index (κ3) is 4.14. The van der Waals surface area contributed by atoms with Gasteiger partial charge in [-0.1, -0.05) is 6.07 Å². The van der Waals surface area contributed by atoms with Crippen LogP contribution in [0.2, 0.25) is 0 Å². The smallest absolute Gasteiger partial charge is 0.323 e. The van der Waals surface area contributed by atoms with Gasteiger partial charge in [-0.05, 0) is 42.0 Å². The second-order valence-electron chi connectivity index (χ2n) is 7.63. The van der Waals surface area contributed by atoms with Crippen molar-refractivity contribution in [2.75, 3.05) is 43.5 Å².